The van der Waals surface area contributed by atoms with Crippen molar-refractivity contribution in [3.05, 3.63) is 75.8 Å². The van der Waals surface area contributed by atoms with Gasteiger partial charge in [0.05, 0.1) is 12.8 Å². The lowest BCUT2D eigenvalue weighted by Crippen LogP contribution is -2.55. The highest BCUT2D eigenvalue weighted by atomic mass is 35.5. The highest BCUT2D eigenvalue weighted by Crippen LogP contribution is 2.34. The third kappa shape index (κ3) is 5.56. The van der Waals surface area contributed by atoms with Crippen LogP contribution in [0.25, 0.3) is 5.57 Å². The smallest absolute Gasteiger partial charge is 0.113 e. The highest BCUT2D eigenvalue weighted by molar-refractivity contribution is 6.31. The van der Waals surface area contributed by atoms with Crippen molar-refractivity contribution in [2.24, 2.45) is 5.16 Å². The largest absolute Gasteiger partial charge is 0.399 e. The van der Waals surface area contributed by atoms with Crippen molar-refractivity contribution >= 4 is 23.4 Å². The van der Waals surface area contributed by atoms with Gasteiger partial charge >= 0.3 is 0 Å². The Balaban J connectivity index is 1.79. The molecule has 0 aromatic heterocycles. The summed E-state index contributed by atoms with van der Waals surface area (Å²) >= 11 is 6.41. The standard InChI is InChI=1S/C24H28ClNO6/c1-14(9-10-26-31-2)16-5-3-15(4-6-16)11-18-12-17(7-8-19(18)25)24-23(30)22(29)21(28)20(13-27)32-24/h3-10,12,20-24,27-30H,11,13H2,1-2H3/b14-9+,26-10+/t20-,21-,22+,23-,24+/m1/s1. The molecule has 2 aromatic rings. The third-order valence-corrected chi connectivity index (χ3v) is 5.95. The number of ether oxygens (including phenoxy) is 1. The molecule has 0 saturated carbocycles. The molecule has 0 unspecified atom stereocenters. The van der Waals surface area contributed by atoms with Gasteiger partial charge in [0.25, 0.3) is 0 Å². The molecule has 0 radical (unpaired) electrons. The number of hydrogen-bond acceptors (Lipinski definition) is 7. The van der Waals surface area contributed by atoms with E-state index in [4.69, 9.17) is 16.3 Å². The first-order valence-electron chi connectivity index (χ1n) is 10.3. The predicted molar refractivity (Wildman–Crippen MR) is 123 cm³/mol. The van der Waals surface area contributed by atoms with E-state index in [-0.39, 0.29) is 0 Å². The summed E-state index contributed by atoms with van der Waals surface area (Å²) in [5, 5.41) is 44.2. The molecule has 172 valence electrons. The first kappa shape index (κ1) is 24.4. The first-order chi connectivity index (χ1) is 15.3. The summed E-state index contributed by atoms with van der Waals surface area (Å²) in [5.41, 5.74) is 4.57. The van der Waals surface area contributed by atoms with Crippen LogP contribution in [0.15, 0.2) is 53.7 Å². The maximum atomic E-state index is 10.4. The van der Waals surface area contributed by atoms with Crippen molar-refractivity contribution < 1.29 is 30.0 Å². The normalized spacial score (nSPS) is 26.5. The Hall–Kier alpha value is -2.26. The van der Waals surface area contributed by atoms with Gasteiger partial charge in [0.2, 0.25) is 0 Å². The lowest BCUT2D eigenvalue weighted by Gasteiger charge is -2.40. The van der Waals surface area contributed by atoms with Crippen LogP contribution in [-0.2, 0) is 16.0 Å². The van der Waals surface area contributed by atoms with Crippen molar-refractivity contribution in [3.8, 4) is 0 Å². The van der Waals surface area contributed by atoms with E-state index in [2.05, 4.69) is 9.99 Å². The zero-order valence-electron chi connectivity index (χ0n) is 17.9. The minimum absolute atomic E-state index is 0.473. The van der Waals surface area contributed by atoms with Gasteiger partial charge in [0, 0.05) is 5.02 Å². The van der Waals surface area contributed by atoms with Crippen LogP contribution in [0.3, 0.4) is 0 Å². The molecule has 1 aliphatic rings. The number of benzene rings is 2. The molecule has 1 heterocycles. The monoisotopic (exact) mass is 461 g/mol. The predicted octanol–water partition coefficient (Wildman–Crippen LogP) is 2.48. The Bertz CT molecular complexity index is 959. The van der Waals surface area contributed by atoms with E-state index in [9.17, 15) is 20.4 Å². The number of aliphatic hydroxyl groups is 4. The number of halogens is 1. The van der Waals surface area contributed by atoms with E-state index in [1.54, 1.807) is 18.3 Å². The second kappa shape index (κ2) is 11.0. The summed E-state index contributed by atoms with van der Waals surface area (Å²) in [4.78, 5) is 4.66. The fourth-order valence-electron chi connectivity index (χ4n) is 3.69. The van der Waals surface area contributed by atoms with E-state index in [0.29, 0.717) is 17.0 Å². The number of rotatable bonds is 7. The fraction of sp³-hybridized carbons (Fsp3) is 0.375. The Kier molecular flexibility index (Phi) is 8.42. The second-order valence-electron chi connectivity index (χ2n) is 7.76. The Labute approximate surface area is 192 Å². The topological polar surface area (TPSA) is 112 Å². The lowest BCUT2D eigenvalue weighted by molar-refractivity contribution is -0.231. The molecule has 5 atom stereocenters. The van der Waals surface area contributed by atoms with Crippen LogP contribution in [0.5, 0.6) is 0 Å². The quantitative estimate of drug-likeness (QED) is 0.372. The number of aliphatic hydroxyl groups excluding tert-OH is 4. The molecule has 4 N–H and O–H groups in total. The van der Waals surface area contributed by atoms with Crippen LogP contribution in [0, 0.1) is 0 Å². The molecular weight excluding hydrogens is 434 g/mol. The summed E-state index contributed by atoms with van der Waals surface area (Å²) in [6.07, 6.45) is -2.01. The molecule has 0 aliphatic carbocycles. The van der Waals surface area contributed by atoms with Gasteiger partial charge in [-0.15, -0.1) is 0 Å². The molecular formula is C24H28ClNO6. The second-order valence-corrected chi connectivity index (χ2v) is 8.17. The Morgan fingerprint density at radius 3 is 2.47 bits per heavy atom. The number of oxime groups is 1. The van der Waals surface area contributed by atoms with Gasteiger partial charge in [0.1, 0.15) is 37.6 Å². The van der Waals surface area contributed by atoms with Crippen LogP contribution >= 0.6 is 11.6 Å². The van der Waals surface area contributed by atoms with Crippen LogP contribution in [0.1, 0.15) is 35.3 Å². The maximum Gasteiger partial charge on any atom is 0.113 e. The van der Waals surface area contributed by atoms with E-state index in [1.165, 1.54) is 7.11 Å². The van der Waals surface area contributed by atoms with Gasteiger partial charge < -0.3 is 30.0 Å². The average Bonchev–Trinajstić information content (AvgIpc) is 2.80. The summed E-state index contributed by atoms with van der Waals surface area (Å²) in [6, 6.07) is 13.3. The minimum atomic E-state index is -1.43. The molecule has 1 fully saturated rings. The van der Waals surface area contributed by atoms with Crippen molar-refractivity contribution in [2.45, 2.75) is 43.9 Å². The third-order valence-electron chi connectivity index (χ3n) is 5.59. The van der Waals surface area contributed by atoms with E-state index in [0.717, 1.165) is 22.3 Å². The molecule has 0 amide bonds. The van der Waals surface area contributed by atoms with Gasteiger partial charge in [-0.2, -0.15) is 0 Å². The van der Waals surface area contributed by atoms with Gasteiger partial charge in [-0.3, -0.25) is 0 Å². The minimum Gasteiger partial charge on any atom is -0.399 e. The summed E-state index contributed by atoms with van der Waals surface area (Å²) < 4.78 is 5.67. The molecule has 1 saturated heterocycles. The summed E-state index contributed by atoms with van der Waals surface area (Å²) in [5.74, 6) is 0. The number of hydrogen-bond donors (Lipinski definition) is 4. The van der Waals surface area contributed by atoms with Crippen molar-refractivity contribution in [3.63, 3.8) is 0 Å². The van der Waals surface area contributed by atoms with Gasteiger partial charge in [0.15, 0.2) is 0 Å². The van der Waals surface area contributed by atoms with Gasteiger partial charge in [-0.1, -0.05) is 53.2 Å². The van der Waals surface area contributed by atoms with Crippen LogP contribution in [0.4, 0.5) is 0 Å². The van der Waals surface area contributed by atoms with Crippen molar-refractivity contribution in [1.29, 1.82) is 0 Å². The maximum absolute atomic E-state index is 10.4. The molecule has 1 aliphatic heterocycles. The van der Waals surface area contributed by atoms with Gasteiger partial charge in [-0.25, -0.2) is 0 Å². The fourth-order valence-corrected chi connectivity index (χ4v) is 3.87. The average molecular weight is 462 g/mol. The van der Waals surface area contributed by atoms with E-state index >= 15 is 0 Å². The van der Waals surface area contributed by atoms with E-state index in [1.807, 2.05) is 43.3 Å². The zero-order chi connectivity index (χ0) is 23.3. The van der Waals surface area contributed by atoms with Crippen molar-refractivity contribution in [1.82, 2.24) is 0 Å². The molecule has 0 bridgehead atoms. The Morgan fingerprint density at radius 1 is 1.09 bits per heavy atom. The van der Waals surface area contributed by atoms with Crippen molar-refractivity contribution in [2.75, 3.05) is 13.7 Å². The zero-order valence-corrected chi connectivity index (χ0v) is 18.7. The van der Waals surface area contributed by atoms with Gasteiger partial charge in [-0.05, 0) is 53.3 Å². The molecule has 8 heteroatoms. The van der Waals surface area contributed by atoms with Crippen LogP contribution in [0.2, 0.25) is 5.02 Å². The first-order valence-corrected chi connectivity index (χ1v) is 10.6. The van der Waals surface area contributed by atoms with Crippen LogP contribution < -0.4 is 0 Å². The molecule has 7 nitrogen and oxygen atoms in total. The summed E-state index contributed by atoms with van der Waals surface area (Å²) in [7, 11) is 1.49. The molecule has 32 heavy (non-hydrogen) atoms. The molecule has 2 aromatic carbocycles. The van der Waals surface area contributed by atoms with E-state index < -0.39 is 37.1 Å². The lowest BCUT2D eigenvalue weighted by atomic mass is 9.90. The number of allylic oxidation sites excluding steroid dienone is 2. The Morgan fingerprint density at radius 2 is 1.81 bits per heavy atom. The highest BCUT2D eigenvalue weighted by Gasteiger charge is 2.44. The van der Waals surface area contributed by atoms with Crippen LogP contribution in [-0.4, -0.2) is 64.8 Å². The summed E-state index contributed by atoms with van der Waals surface area (Å²) in [6.45, 7) is 1.51. The molecule has 0 spiro atoms. The number of nitrogens with zero attached hydrogens (tertiary/aromatic N) is 1. The SMILES string of the molecule is CO/N=C/C=C(\C)c1ccc(Cc2cc([C@@H]3O[C@H](CO)[C@@H](O)[C@H](O)[C@H]3O)ccc2Cl)cc1. The molecule has 3 rings (SSSR count).